The molecule has 0 fully saturated rings. The van der Waals surface area contributed by atoms with Crippen molar-refractivity contribution < 1.29 is 17.6 Å². The Morgan fingerprint density at radius 1 is 0.750 bits per heavy atom. The molecule has 0 aliphatic heterocycles. The van der Waals surface area contributed by atoms with Crippen molar-refractivity contribution in [2.75, 3.05) is 0 Å². The standard InChI is InChI=1S/C4F4/c5-3(6)1-2-4(7)8. The summed E-state index contributed by atoms with van der Waals surface area (Å²) >= 11 is 0. The van der Waals surface area contributed by atoms with Gasteiger partial charge in [0.05, 0.1) is 0 Å². The fourth-order valence-corrected chi connectivity index (χ4v) is 0.0945. The second kappa shape index (κ2) is 3.08. The Balaban J connectivity index is 4.47. The third kappa shape index (κ3) is 5.02. The molecular formula is C4F4. The quantitative estimate of drug-likeness (QED) is 0.343. The van der Waals surface area contributed by atoms with Crippen LogP contribution in [0.15, 0.2) is 23.6 Å². The first-order valence-corrected chi connectivity index (χ1v) is 1.51. The lowest BCUT2D eigenvalue weighted by atomic mass is 10.8. The second-order valence-corrected chi connectivity index (χ2v) is 0.771. The van der Waals surface area contributed by atoms with Gasteiger partial charge in [-0.15, -0.1) is 0 Å². The van der Waals surface area contributed by atoms with Gasteiger partial charge >= 0.3 is 12.2 Å². The van der Waals surface area contributed by atoms with E-state index >= 15 is 0 Å². The van der Waals surface area contributed by atoms with Crippen molar-refractivity contribution in [3.8, 4) is 0 Å². The third-order valence-electron chi connectivity index (χ3n) is 0.251. The van der Waals surface area contributed by atoms with Gasteiger partial charge in [0.2, 0.25) is 0 Å². The molecule has 4 heteroatoms. The zero-order chi connectivity index (χ0) is 6.57. The Hall–Kier alpha value is -0.980. The molecule has 0 bridgehead atoms. The molecule has 0 atom stereocenters. The van der Waals surface area contributed by atoms with E-state index in [1.807, 2.05) is 0 Å². The number of hydrogen-bond acceptors (Lipinski definition) is 0. The smallest absolute Gasteiger partial charge is 0.163 e. The average Bonchev–Trinajstić information content (AvgIpc) is 1.61. The molecule has 0 spiro atoms. The average molecular weight is 124 g/mol. The molecule has 0 N–H and O–H groups in total. The van der Waals surface area contributed by atoms with E-state index in [1.165, 1.54) is 0 Å². The Morgan fingerprint density at radius 2 is 1.00 bits per heavy atom. The highest BCUT2D eigenvalue weighted by atomic mass is 19.3. The molecule has 8 heavy (non-hydrogen) atoms. The highest BCUT2D eigenvalue weighted by molar-refractivity contribution is 4.85. The largest absolute Gasteiger partial charge is 0.321 e. The molecule has 0 amide bonds. The molecule has 0 saturated heterocycles. The molecule has 0 aromatic rings. The van der Waals surface area contributed by atoms with Gasteiger partial charge in [-0.05, 0) is 0 Å². The third-order valence-corrected chi connectivity index (χ3v) is 0.251. The van der Waals surface area contributed by atoms with Crippen LogP contribution in [-0.2, 0) is 0 Å². The van der Waals surface area contributed by atoms with Crippen molar-refractivity contribution in [2.45, 2.75) is 0 Å². The summed E-state index contributed by atoms with van der Waals surface area (Å²) in [6.07, 6.45) is -4.62. The predicted molar refractivity (Wildman–Crippen MR) is 18.5 cm³/mol. The minimum Gasteiger partial charge on any atom is -0.163 e. The van der Waals surface area contributed by atoms with Crippen LogP contribution >= 0.6 is 0 Å². The lowest BCUT2D eigenvalue weighted by Crippen LogP contribution is -1.46. The molecule has 44 valence electrons. The zero-order valence-electron chi connectivity index (χ0n) is 3.51. The van der Waals surface area contributed by atoms with Crippen molar-refractivity contribution in [3.05, 3.63) is 23.6 Å². The monoisotopic (exact) mass is 124 g/mol. The fourth-order valence-electron chi connectivity index (χ4n) is 0.0945. The van der Waals surface area contributed by atoms with E-state index in [0.717, 1.165) is 11.5 Å². The summed E-state index contributed by atoms with van der Waals surface area (Å²) in [5, 5.41) is 0. The molecule has 0 radical (unpaired) electrons. The summed E-state index contributed by atoms with van der Waals surface area (Å²) in [5.74, 6) is 0. The van der Waals surface area contributed by atoms with Crippen LogP contribution in [0.4, 0.5) is 17.6 Å². The molecule has 0 aliphatic carbocycles. The van der Waals surface area contributed by atoms with Crippen LogP contribution in [-0.4, -0.2) is 0 Å². The Kier molecular flexibility index (Phi) is 2.70. The van der Waals surface area contributed by atoms with E-state index in [1.54, 1.807) is 0 Å². The molecule has 0 heterocycles. The second-order valence-electron chi connectivity index (χ2n) is 0.771. The highest BCUT2D eigenvalue weighted by Gasteiger charge is 1.80. The summed E-state index contributed by atoms with van der Waals surface area (Å²) in [6, 6.07) is 0. The predicted octanol–water partition coefficient (Wildman–Crippen LogP) is 2.30. The summed E-state index contributed by atoms with van der Waals surface area (Å²) in [4.78, 5) is 0. The van der Waals surface area contributed by atoms with Gasteiger partial charge < -0.3 is 0 Å². The van der Waals surface area contributed by atoms with Crippen LogP contribution < -0.4 is 0 Å². The zero-order valence-corrected chi connectivity index (χ0v) is 3.51. The van der Waals surface area contributed by atoms with Gasteiger partial charge in [0.25, 0.3) is 0 Å². The van der Waals surface area contributed by atoms with Crippen LogP contribution in [0.3, 0.4) is 0 Å². The van der Waals surface area contributed by atoms with E-state index in [0.29, 0.717) is 0 Å². The number of halogens is 4. The van der Waals surface area contributed by atoms with Crippen LogP contribution in [0.25, 0.3) is 0 Å². The molecule has 0 aliphatic rings. The molecule has 0 saturated carbocycles. The van der Waals surface area contributed by atoms with E-state index < -0.39 is 12.2 Å². The van der Waals surface area contributed by atoms with Crippen LogP contribution in [0, 0.1) is 0 Å². The molecule has 0 aromatic heterocycles. The first-order chi connectivity index (χ1) is 3.63. The Labute approximate surface area is 42.4 Å². The van der Waals surface area contributed by atoms with Gasteiger partial charge in [0, 0.05) is 11.5 Å². The van der Waals surface area contributed by atoms with Gasteiger partial charge in [-0.2, -0.15) is 17.6 Å². The molecule has 0 aromatic carbocycles. The van der Waals surface area contributed by atoms with Crippen molar-refractivity contribution in [1.82, 2.24) is 0 Å². The van der Waals surface area contributed by atoms with Gasteiger partial charge in [-0.25, -0.2) is 0 Å². The van der Waals surface area contributed by atoms with Crippen molar-refractivity contribution in [2.24, 2.45) is 0 Å². The van der Waals surface area contributed by atoms with E-state index in [2.05, 4.69) is 0 Å². The van der Waals surface area contributed by atoms with Crippen molar-refractivity contribution in [1.29, 1.82) is 0 Å². The summed E-state index contributed by atoms with van der Waals surface area (Å²) in [6.45, 7) is 0. The van der Waals surface area contributed by atoms with Gasteiger partial charge in [-0.1, -0.05) is 0 Å². The van der Waals surface area contributed by atoms with E-state index in [-0.39, 0.29) is 0 Å². The highest BCUT2D eigenvalue weighted by Crippen LogP contribution is 1.94. The summed E-state index contributed by atoms with van der Waals surface area (Å²) in [7, 11) is 0. The van der Waals surface area contributed by atoms with Crippen LogP contribution in [0.1, 0.15) is 0 Å². The summed E-state index contributed by atoms with van der Waals surface area (Å²) in [5.41, 5.74) is 1.78. The van der Waals surface area contributed by atoms with Gasteiger partial charge in [0.15, 0.2) is 0 Å². The Morgan fingerprint density at radius 3 is 1.12 bits per heavy atom. The minimum absolute atomic E-state index is 0.891. The first kappa shape index (κ1) is 7.02. The molecule has 0 rings (SSSR count). The van der Waals surface area contributed by atoms with Crippen molar-refractivity contribution in [3.63, 3.8) is 0 Å². The maximum atomic E-state index is 10.8. The summed E-state index contributed by atoms with van der Waals surface area (Å²) < 4.78 is 43.2. The normalized spacial score (nSPS) is 7.00. The molecule has 0 nitrogen and oxygen atoms in total. The lowest BCUT2D eigenvalue weighted by Gasteiger charge is -1.61. The van der Waals surface area contributed by atoms with Crippen LogP contribution in [0.2, 0.25) is 0 Å². The van der Waals surface area contributed by atoms with Gasteiger partial charge in [0.1, 0.15) is 0 Å². The fraction of sp³-hybridized carbons (Fsp3) is 0. The lowest BCUT2D eigenvalue weighted by molar-refractivity contribution is 0.416. The van der Waals surface area contributed by atoms with E-state index in [9.17, 15) is 17.6 Å². The minimum atomic E-state index is -2.31. The first-order valence-electron chi connectivity index (χ1n) is 1.51. The maximum Gasteiger partial charge on any atom is 0.321 e. The van der Waals surface area contributed by atoms with Gasteiger partial charge in [-0.3, -0.25) is 0 Å². The number of hydrogen-bond donors (Lipinski definition) is 0. The van der Waals surface area contributed by atoms with E-state index in [4.69, 9.17) is 0 Å². The van der Waals surface area contributed by atoms with Crippen LogP contribution in [0.5, 0.6) is 0 Å². The Bertz CT molecular complexity index is 140. The topological polar surface area (TPSA) is 0 Å². The van der Waals surface area contributed by atoms with Crippen molar-refractivity contribution >= 4 is 0 Å². The molecule has 0 unspecified atom stereocenters. The SMILES string of the molecule is FC(F)=C=C=C(F)F. The maximum absolute atomic E-state index is 10.8. The number of rotatable bonds is 0. The molecular weight excluding hydrogens is 124 g/mol.